The van der Waals surface area contributed by atoms with Gasteiger partial charge in [0.2, 0.25) is 0 Å². The van der Waals surface area contributed by atoms with E-state index in [4.69, 9.17) is 0 Å². The van der Waals surface area contributed by atoms with Crippen LogP contribution in [0.25, 0.3) is 0 Å². The van der Waals surface area contributed by atoms with Crippen molar-refractivity contribution < 1.29 is 17.6 Å². The first-order valence-electron chi connectivity index (χ1n) is 6.21. The Kier molecular flexibility index (Phi) is 4.24. The summed E-state index contributed by atoms with van der Waals surface area (Å²) in [6, 6.07) is 3.42. The van der Waals surface area contributed by atoms with Crippen LogP contribution in [0.4, 0.5) is 17.6 Å². The van der Waals surface area contributed by atoms with Crippen molar-refractivity contribution in [2.24, 2.45) is 0 Å². The van der Waals surface area contributed by atoms with Gasteiger partial charge in [-0.15, -0.1) is 0 Å². The zero-order valence-corrected chi connectivity index (χ0v) is 10.3. The number of nitrogens with one attached hydrogen (secondary N) is 1. The minimum atomic E-state index is -4.65. The van der Waals surface area contributed by atoms with Crippen LogP contribution in [0.1, 0.15) is 30.4 Å². The van der Waals surface area contributed by atoms with Crippen molar-refractivity contribution in [3.8, 4) is 0 Å². The Labute approximate surface area is 109 Å². The van der Waals surface area contributed by atoms with Crippen molar-refractivity contribution in [2.45, 2.75) is 38.0 Å². The lowest BCUT2D eigenvalue weighted by Crippen LogP contribution is -2.29. The van der Waals surface area contributed by atoms with Crippen LogP contribution in [0, 0.1) is 5.82 Å². The zero-order valence-electron chi connectivity index (χ0n) is 10.3. The highest BCUT2D eigenvalue weighted by Crippen LogP contribution is 2.31. The predicted octanol–water partition coefficient (Wildman–Crippen LogP) is 4.04. The molecular weight excluding hydrogens is 258 g/mol. The maximum atomic E-state index is 13.1. The van der Waals surface area contributed by atoms with Crippen LogP contribution in [0.2, 0.25) is 0 Å². The van der Waals surface area contributed by atoms with Gasteiger partial charge in [0.1, 0.15) is 5.82 Å². The molecule has 0 heterocycles. The number of benzene rings is 1. The lowest BCUT2D eigenvalue weighted by atomic mass is 10.0. The Morgan fingerprint density at radius 2 is 2.00 bits per heavy atom. The number of allylic oxidation sites excluding steroid dienone is 1. The molecule has 0 aliphatic heterocycles. The van der Waals surface area contributed by atoms with Crippen molar-refractivity contribution in [2.75, 3.05) is 0 Å². The summed E-state index contributed by atoms with van der Waals surface area (Å²) < 4.78 is 50.8. The fourth-order valence-corrected chi connectivity index (χ4v) is 2.14. The molecule has 0 amide bonds. The minimum Gasteiger partial charge on any atom is -0.310 e. The summed E-state index contributed by atoms with van der Waals surface area (Å²) in [5, 5.41) is 3.19. The molecule has 0 radical (unpaired) electrons. The van der Waals surface area contributed by atoms with Gasteiger partial charge in [-0.05, 0) is 37.0 Å². The molecule has 1 aliphatic rings. The molecule has 0 saturated carbocycles. The van der Waals surface area contributed by atoms with Crippen LogP contribution in [-0.2, 0) is 12.7 Å². The van der Waals surface area contributed by atoms with Crippen molar-refractivity contribution in [1.29, 1.82) is 0 Å². The van der Waals surface area contributed by atoms with E-state index in [9.17, 15) is 17.6 Å². The molecule has 1 N–H and O–H groups in total. The van der Waals surface area contributed by atoms with Gasteiger partial charge in [0.15, 0.2) is 0 Å². The number of halogens is 4. The summed E-state index contributed by atoms with van der Waals surface area (Å²) in [6.45, 7) is 0.321. The van der Waals surface area contributed by atoms with E-state index < -0.39 is 17.6 Å². The average Bonchev–Trinajstić information content (AvgIpc) is 2.37. The quantitative estimate of drug-likeness (QED) is 0.647. The third kappa shape index (κ3) is 3.80. The van der Waals surface area contributed by atoms with Gasteiger partial charge in [0.25, 0.3) is 0 Å². The van der Waals surface area contributed by atoms with E-state index in [1.54, 1.807) is 0 Å². The van der Waals surface area contributed by atoms with E-state index in [-0.39, 0.29) is 6.04 Å². The van der Waals surface area contributed by atoms with Crippen LogP contribution < -0.4 is 5.32 Å². The second-order valence-corrected chi connectivity index (χ2v) is 4.67. The van der Waals surface area contributed by atoms with Crippen molar-refractivity contribution >= 4 is 0 Å². The SMILES string of the molecule is Fc1ccc(CNC2CC=CCC2)cc1C(F)(F)F. The molecule has 0 saturated heterocycles. The molecule has 2 rings (SSSR count). The Bertz CT molecular complexity index is 465. The molecule has 19 heavy (non-hydrogen) atoms. The third-order valence-electron chi connectivity index (χ3n) is 3.20. The fraction of sp³-hybridized carbons (Fsp3) is 0.429. The average molecular weight is 273 g/mol. The highest BCUT2D eigenvalue weighted by Gasteiger charge is 2.34. The van der Waals surface area contributed by atoms with Crippen molar-refractivity contribution in [1.82, 2.24) is 5.32 Å². The van der Waals surface area contributed by atoms with E-state index in [0.29, 0.717) is 12.1 Å². The fourth-order valence-electron chi connectivity index (χ4n) is 2.14. The van der Waals surface area contributed by atoms with Gasteiger partial charge < -0.3 is 5.32 Å². The van der Waals surface area contributed by atoms with Gasteiger partial charge >= 0.3 is 6.18 Å². The summed E-state index contributed by atoms with van der Waals surface area (Å²) in [6.07, 6.45) is 2.35. The maximum absolute atomic E-state index is 13.1. The van der Waals surface area contributed by atoms with E-state index in [2.05, 4.69) is 17.5 Å². The molecule has 0 bridgehead atoms. The van der Waals surface area contributed by atoms with Crippen LogP contribution >= 0.6 is 0 Å². The van der Waals surface area contributed by atoms with Crippen LogP contribution in [-0.4, -0.2) is 6.04 Å². The summed E-state index contributed by atoms with van der Waals surface area (Å²) >= 11 is 0. The number of hydrogen-bond donors (Lipinski definition) is 1. The molecule has 1 unspecified atom stereocenters. The molecule has 5 heteroatoms. The lowest BCUT2D eigenvalue weighted by Gasteiger charge is -2.19. The first kappa shape index (κ1) is 14.1. The molecular formula is C14H15F4N. The number of rotatable bonds is 3. The monoisotopic (exact) mass is 273 g/mol. The van der Waals surface area contributed by atoms with Crippen molar-refractivity contribution in [3.05, 3.63) is 47.3 Å². The van der Waals surface area contributed by atoms with Gasteiger partial charge in [-0.3, -0.25) is 0 Å². The molecule has 1 aromatic carbocycles. The smallest absolute Gasteiger partial charge is 0.310 e. The summed E-state index contributed by atoms with van der Waals surface area (Å²) in [7, 11) is 0. The second-order valence-electron chi connectivity index (χ2n) is 4.67. The van der Waals surface area contributed by atoms with Crippen LogP contribution in [0.15, 0.2) is 30.4 Å². The Hall–Kier alpha value is -1.36. The Morgan fingerprint density at radius 3 is 2.63 bits per heavy atom. The number of alkyl halides is 3. The molecule has 1 nitrogen and oxygen atoms in total. The maximum Gasteiger partial charge on any atom is 0.419 e. The predicted molar refractivity (Wildman–Crippen MR) is 65.0 cm³/mol. The van der Waals surface area contributed by atoms with E-state index in [0.717, 1.165) is 31.4 Å². The molecule has 0 aromatic heterocycles. The molecule has 1 aliphatic carbocycles. The molecule has 104 valence electrons. The van der Waals surface area contributed by atoms with Gasteiger partial charge in [0.05, 0.1) is 5.56 Å². The molecule has 0 fully saturated rings. The highest BCUT2D eigenvalue weighted by atomic mass is 19.4. The van der Waals surface area contributed by atoms with Crippen LogP contribution in [0.5, 0.6) is 0 Å². The van der Waals surface area contributed by atoms with Crippen LogP contribution in [0.3, 0.4) is 0 Å². The van der Waals surface area contributed by atoms with Gasteiger partial charge in [-0.1, -0.05) is 18.2 Å². The molecule has 1 aromatic rings. The van der Waals surface area contributed by atoms with Gasteiger partial charge in [0, 0.05) is 12.6 Å². The molecule has 1 atom stereocenters. The highest BCUT2D eigenvalue weighted by molar-refractivity contribution is 5.27. The second kappa shape index (κ2) is 5.74. The summed E-state index contributed by atoms with van der Waals surface area (Å²) in [5.41, 5.74) is -0.751. The zero-order chi connectivity index (χ0) is 13.9. The first-order chi connectivity index (χ1) is 8.97. The lowest BCUT2D eigenvalue weighted by molar-refractivity contribution is -0.140. The van der Waals surface area contributed by atoms with Gasteiger partial charge in [-0.2, -0.15) is 13.2 Å². The van der Waals surface area contributed by atoms with E-state index >= 15 is 0 Å². The normalized spacial score (nSPS) is 19.7. The Balaban J connectivity index is 2.03. The number of hydrogen-bond acceptors (Lipinski definition) is 1. The van der Waals surface area contributed by atoms with Gasteiger partial charge in [-0.25, -0.2) is 4.39 Å². The topological polar surface area (TPSA) is 12.0 Å². The summed E-state index contributed by atoms with van der Waals surface area (Å²) in [5.74, 6) is -1.23. The van der Waals surface area contributed by atoms with Crippen molar-refractivity contribution in [3.63, 3.8) is 0 Å². The standard InChI is InChI=1S/C14H15F4N/c15-13-7-6-10(8-12(13)14(16,17)18)9-19-11-4-2-1-3-5-11/h1-2,6-8,11,19H,3-5,9H2. The van der Waals surface area contributed by atoms with E-state index in [1.807, 2.05) is 0 Å². The molecule has 0 spiro atoms. The Morgan fingerprint density at radius 1 is 1.21 bits per heavy atom. The summed E-state index contributed by atoms with van der Waals surface area (Å²) in [4.78, 5) is 0. The van der Waals surface area contributed by atoms with E-state index in [1.165, 1.54) is 6.07 Å². The minimum absolute atomic E-state index is 0.282. The first-order valence-corrected chi connectivity index (χ1v) is 6.21. The third-order valence-corrected chi connectivity index (χ3v) is 3.20. The largest absolute Gasteiger partial charge is 0.419 e.